The molecule has 0 aliphatic carbocycles. The molecule has 0 aliphatic rings. The molecule has 0 atom stereocenters. The van der Waals surface area contributed by atoms with Crippen molar-refractivity contribution in [2.24, 2.45) is 0 Å². The minimum atomic E-state index is -0.659. The first-order chi connectivity index (χ1) is 9.01. The van der Waals surface area contributed by atoms with E-state index in [1.165, 1.54) is 25.3 Å². The van der Waals surface area contributed by atoms with Gasteiger partial charge in [0.2, 0.25) is 0 Å². The van der Waals surface area contributed by atoms with E-state index in [2.05, 4.69) is 4.74 Å². The number of carbonyl (C=O) groups excluding carboxylic acids is 1. The normalized spacial score (nSPS) is 10.3. The summed E-state index contributed by atoms with van der Waals surface area (Å²) in [6.07, 6.45) is 0. The van der Waals surface area contributed by atoms with Crippen LogP contribution >= 0.6 is 0 Å². The van der Waals surface area contributed by atoms with Crippen molar-refractivity contribution >= 4 is 5.97 Å². The lowest BCUT2D eigenvalue weighted by Crippen LogP contribution is -2.02. The quantitative estimate of drug-likeness (QED) is 0.771. The van der Waals surface area contributed by atoms with Gasteiger partial charge in [0.25, 0.3) is 0 Å². The fourth-order valence-electron chi connectivity index (χ4n) is 1.84. The first-order valence-electron chi connectivity index (χ1n) is 5.66. The molecule has 0 N–H and O–H groups in total. The number of hydrogen-bond acceptors (Lipinski definition) is 2. The third-order valence-corrected chi connectivity index (χ3v) is 2.75. The Hall–Kier alpha value is -2.23. The van der Waals surface area contributed by atoms with Crippen LogP contribution in [-0.2, 0) is 4.74 Å². The van der Waals surface area contributed by atoms with Crippen molar-refractivity contribution in [1.82, 2.24) is 0 Å². The van der Waals surface area contributed by atoms with E-state index >= 15 is 0 Å². The Labute approximate surface area is 109 Å². The minimum Gasteiger partial charge on any atom is -0.465 e. The molecule has 0 saturated heterocycles. The van der Waals surface area contributed by atoms with Crippen LogP contribution in [0.3, 0.4) is 0 Å². The Kier molecular flexibility index (Phi) is 3.60. The highest BCUT2D eigenvalue weighted by molar-refractivity contribution is 5.91. The highest BCUT2D eigenvalue weighted by atomic mass is 19.1. The van der Waals surface area contributed by atoms with E-state index < -0.39 is 17.6 Å². The maximum atomic E-state index is 13.8. The molecular formula is C15H12F2O2. The number of ether oxygens (including phenoxy) is 1. The molecular weight excluding hydrogens is 250 g/mol. The van der Waals surface area contributed by atoms with Crippen molar-refractivity contribution in [2.75, 3.05) is 7.11 Å². The van der Waals surface area contributed by atoms with Gasteiger partial charge < -0.3 is 4.74 Å². The molecule has 2 rings (SSSR count). The van der Waals surface area contributed by atoms with Gasteiger partial charge in [-0.25, -0.2) is 13.6 Å². The number of aryl methyl sites for hydroxylation is 1. The summed E-state index contributed by atoms with van der Waals surface area (Å²) in [6, 6.07) is 8.19. The molecule has 0 saturated carbocycles. The number of esters is 1. The summed E-state index contributed by atoms with van der Waals surface area (Å²) in [4.78, 5) is 11.4. The molecule has 4 heteroatoms. The van der Waals surface area contributed by atoms with E-state index in [-0.39, 0.29) is 11.1 Å². The van der Waals surface area contributed by atoms with Crippen LogP contribution in [0, 0.1) is 18.6 Å². The molecule has 0 aromatic heterocycles. The van der Waals surface area contributed by atoms with Crippen molar-refractivity contribution in [1.29, 1.82) is 0 Å². The van der Waals surface area contributed by atoms with Crippen molar-refractivity contribution in [3.63, 3.8) is 0 Å². The molecule has 0 radical (unpaired) electrons. The zero-order valence-electron chi connectivity index (χ0n) is 10.5. The highest BCUT2D eigenvalue weighted by Gasteiger charge is 2.12. The Balaban J connectivity index is 2.59. The molecule has 0 amide bonds. The van der Waals surface area contributed by atoms with Gasteiger partial charge in [-0.1, -0.05) is 11.6 Å². The molecule has 98 valence electrons. The van der Waals surface area contributed by atoms with Crippen molar-refractivity contribution < 1.29 is 18.3 Å². The molecule has 0 spiro atoms. The maximum absolute atomic E-state index is 13.8. The monoisotopic (exact) mass is 262 g/mol. The summed E-state index contributed by atoms with van der Waals surface area (Å²) >= 11 is 0. The van der Waals surface area contributed by atoms with Gasteiger partial charge in [0.05, 0.1) is 12.7 Å². The predicted molar refractivity (Wildman–Crippen MR) is 67.9 cm³/mol. The smallest absolute Gasteiger partial charge is 0.337 e. The Morgan fingerprint density at radius 1 is 1.11 bits per heavy atom. The summed E-state index contributed by atoms with van der Waals surface area (Å²) in [7, 11) is 1.21. The molecule has 0 aliphatic heterocycles. The van der Waals surface area contributed by atoms with Crippen LogP contribution in [-0.4, -0.2) is 13.1 Å². The number of benzene rings is 2. The zero-order chi connectivity index (χ0) is 14.0. The molecule has 0 heterocycles. The van der Waals surface area contributed by atoms with Gasteiger partial charge in [-0.15, -0.1) is 0 Å². The lowest BCUT2D eigenvalue weighted by molar-refractivity contribution is 0.0600. The van der Waals surface area contributed by atoms with Crippen molar-refractivity contribution in [3.05, 3.63) is 59.2 Å². The summed E-state index contributed by atoms with van der Waals surface area (Å²) in [5, 5.41) is 0. The molecule has 0 unspecified atom stereocenters. The predicted octanol–water partition coefficient (Wildman–Crippen LogP) is 3.73. The van der Waals surface area contributed by atoms with Gasteiger partial charge in [0, 0.05) is 5.56 Å². The van der Waals surface area contributed by atoms with E-state index in [9.17, 15) is 13.6 Å². The average Bonchev–Trinajstić information content (AvgIpc) is 2.39. The Morgan fingerprint density at radius 3 is 2.53 bits per heavy atom. The van der Waals surface area contributed by atoms with E-state index in [4.69, 9.17) is 0 Å². The van der Waals surface area contributed by atoms with Crippen molar-refractivity contribution in [2.45, 2.75) is 6.92 Å². The average molecular weight is 262 g/mol. The number of rotatable bonds is 2. The van der Waals surface area contributed by atoms with Crippen LogP contribution in [0.4, 0.5) is 8.78 Å². The molecule has 19 heavy (non-hydrogen) atoms. The van der Waals surface area contributed by atoms with Gasteiger partial charge in [-0.2, -0.15) is 0 Å². The number of halogens is 2. The summed E-state index contributed by atoms with van der Waals surface area (Å²) in [5.41, 5.74) is 1.46. The Bertz CT molecular complexity index is 636. The largest absolute Gasteiger partial charge is 0.465 e. The lowest BCUT2D eigenvalue weighted by Gasteiger charge is -2.07. The first-order valence-corrected chi connectivity index (χ1v) is 5.66. The molecule has 0 bridgehead atoms. The van der Waals surface area contributed by atoms with E-state index in [1.807, 2.05) is 6.92 Å². The maximum Gasteiger partial charge on any atom is 0.337 e. The molecule has 2 aromatic rings. The number of methoxy groups -OCH3 is 1. The Morgan fingerprint density at radius 2 is 1.84 bits per heavy atom. The van der Waals surface area contributed by atoms with Gasteiger partial charge in [-0.3, -0.25) is 0 Å². The van der Waals surface area contributed by atoms with Crippen LogP contribution in [0.15, 0.2) is 36.4 Å². The third kappa shape index (κ3) is 2.78. The number of hydrogen-bond donors (Lipinski definition) is 0. The summed E-state index contributed by atoms with van der Waals surface area (Å²) in [6.45, 7) is 1.81. The molecule has 2 aromatic carbocycles. The number of carbonyl (C=O) groups is 1. The second-order valence-electron chi connectivity index (χ2n) is 4.20. The lowest BCUT2D eigenvalue weighted by atomic mass is 10.0. The topological polar surface area (TPSA) is 26.3 Å². The van der Waals surface area contributed by atoms with Gasteiger partial charge in [-0.05, 0) is 42.8 Å². The van der Waals surface area contributed by atoms with E-state index in [0.717, 1.165) is 11.6 Å². The fraction of sp³-hybridized carbons (Fsp3) is 0.133. The minimum absolute atomic E-state index is 0.0541. The van der Waals surface area contributed by atoms with Gasteiger partial charge in [0.1, 0.15) is 11.6 Å². The van der Waals surface area contributed by atoms with Gasteiger partial charge >= 0.3 is 5.97 Å². The summed E-state index contributed by atoms with van der Waals surface area (Å²) in [5.74, 6) is -1.74. The highest BCUT2D eigenvalue weighted by Crippen LogP contribution is 2.26. The van der Waals surface area contributed by atoms with Crippen LogP contribution < -0.4 is 0 Å². The van der Waals surface area contributed by atoms with Crippen LogP contribution in [0.5, 0.6) is 0 Å². The van der Waals surface area contributed by atoms with Gasteiger partial charge in [0.15, 0.2) is 0 Å². The second-order valence-corrected chi connectivity index (χ2v) is 4.20. The first kappa shape index (κ1) is 13.2. The van der Waals surface area contributed by atoms with E-state index in [0.29, 0.717) is 5.56 Å². The van der Waals surface area contributed by atoms with Crippen molar-refractivity contribution in [3.8, 4) is 11.1 Å². The van der Waals surface area contributed by atoms with Crippen LogP contribution in [0.1, 0.15) is 15.9 Å². The third-order valence-electron chi connectivity index (χ3n) is 2.75. The SMILES string of the molecule is COC(=O)c1cc(F)cc(-c2cc(C)ccc2F)c1. The van der Waals surface area contributed by atoms with E-state index in [1.54, 1.807) is 12.1 Å². The molecule has 2 nitrogen and oxygen atoms in total. The standard InChI is InChI=1S/C15H12F2O2/c1-9-3-4-14(17)13(5-9)10-6-11(15(18)19-2)8-12(16)7-10/h3-8H,1-2H3. The summed E-state index contributed by atoms with van der Waals surface area (Å²) < 4.78 is 31.8. The molecule has 0 fully saturated rings. The zero-order valence-corrected chi connectivity index (χ0v) is 10.5. The van der Waals surface area contributed by atoms with Crippen LogP contribution in [0.2, 0.25) is 0 Å². The second kappa shape index (κ2) is 5.18. The fourth-order valence-corrected chi connectivity index (χ4v) is 1.84. The van der Waals surface area contributed by atoms with Crippen LogP contribution in [0.25, 0.3) is 11.1 Å².